The van der Waals surface area contributed by atoms with Crippen LogP contribution in [0.25, 0.3) is 22.4 Å². The number of carbonyl (C=O) groups is 2. The fourth-order valence-electron chi connectivity index (χ4n) is 3.06. The highest BCUT2D eigenvalue weighted by Crippen LogP contribution is 2.30. The molecule has 0 aliphatic carbocycles. The van der Waals surface area contributed by atoms with Crippen LogP contribution < -0.4 is 5.32 Å². The van der Waals surface area contributed by atoms with Gasteiger partial charge in [-0.3, -0.25) is 0 Å². The summed E-state index contributed by atoms with van der Waals surface area (Å²) in [7, 11) is 0. The maximum atomic E-state index is 12.0. The molecule has 3 rings (SSSR count). The number of anilines is 1. The molecule has 3 aromatic rings. The second-order valence-corrected chi connectivity index (χ2v) is 7.25. The van der Waals surface area contributed by atoms with Crippen LogP contribution >= 0.6 is 0 Å². The fraction of sp³-hybridized carbons (Fsp3) is 0.250. The topological polar surface area (TPSA) is 90.4 Å². The molecule has 34 heavy (non-hydrogen) atoms. The molecule has 1 N–H and O–H groups in total. The lowest BCUT2D eigenvalue weighted by Crippen LogP contribution is -2.26. The normalized spacial score (nSPS) is 11.0. The highest BCUT2D eigenvalue weighted by atomic mass is 19.4. The van der Waals surface area contributed by atoms with Crippen molar-refractivity contribution in [3.63, 3.8) is 0 Å². The van der Waals surface area contributed by atoms with Crippen molar-refractivity contribution in [3.8, 4) is 22.4 Å². The molecule has 0 saturated carbocycles. The third kappa shape index (κ3) is 7.29. The van der Waals surface area contributed by atoms with Gasteiger partial charge in [0.2, 0.25) is 5.95 Å². The SMILES string of the molecule is O=C(CCCCCNc1ncc(-c2ccccc2)c(-c2ccccc2)n1)OOC(=O)C(F)(F)F. The molecular weight excluding hydrogens is 451 g/mol. The average Bonchev–Trinajstić information content (AvgIpc) is 2.85. The Hall–Kier alpha value is -3.95. The number of rotatable bonds is 9. The van der Waals surface area contributed by atoms with Crippen molar-refractivity contribution in [3.05, 3.63) is 66.9 Å². The first-order valence-electron chi connectivity index (χ1n) is 10.5. The first-order valence-corrected chi connectivity index (χ1v) is 10.5. The second-order valence-electron chi connectivity index (χ2n) is 7.25. The molecule has 7 nitrogen and oxygen atoms in total. The molecule has 0 spiro atoms. The van der Waals surface area contributed by atoms with E-state index in [-0.39, 0.29) is 6.42 Å². The number of benzene rings is 2. The van der Waals surface area contributed by atoms with Gasteiger partial charge in [0.15, 0.2) is 0 Å². The van der Waals surface area contributed by atoms with Crippen molar-refractivity contribution in [1.82, 2.24) is 9.97 Å². The zero-order chi connectivity index (χ0) is 24.4. The van der Waals surface area contributed by atoms with Gasteiger partial charge in [0.05, 0.1) is 12.1 Å². The molecule has 1 aromatic heterocycles. The van der Waals surface area contributed by atoms with E-state index in [9.17, 15) is 22.8 Å². The van der Waals surface area contributed by atoms with Gasteiger partial charge in [-0.15, -0.1) is 0 Å². The van der Waals surface area contributed by atoms with E-state index in [0.29, 0.717) is 31.8 Å². The molecule has 10 heteroatoms. The molecule has 0 amide bonds. The Bertz CT molecular complexity index is 1090. The Morgan fingerprint density at radius 3 is 2.15 bits per heavy atom. The largest absolute Gasteiger partial charge is 0.495 e. The van der Waals surface area contributed by atoms with Crippen molar-refractivity contribution in [1.29, 1.82) is 0 Å². The molecule has 0 bridgehead atoms. The predicted molar refractivity (Wildman–Crippen MR) is 118 cm³/mol. The highest BCUT2D eigenvalue weighted by Gasteiger charge is 2.43. The summed E-state index contributed by atoms with van der Waals surface area (Å²) < 4.78 is 35.9. The molecule has 178 valence electrons. The smallest absolute Gasteiger partial charge is 0.354 e. The molecule has 0 fully saturated rings. The van der Waals surface area contributed by atoms with Crippen LogP contribution in [0.15, 0.2) is 66.9 Å². The summed E-state index contributed by atoms with van der Waals surface area (Å²) >= 11 is 0. The second kappa shape index (κ2) is 11.8. The third-order valence-electron chi connectivity index (χ3n) is 4.70. The summed E-state index contributed by atoms with van der Waals surface area (Å²) in [5, 5.41) is 3.15. The number of nitrogens with zero attached hydrogens (tertiary/aromatic N) is 2. The van der Waals surface area contributed by atoms with Crippen molar-refractivity contribution in [2.24, 2.45) is 0 Å². The van der Waals surface area contributed by atoms with E-state index >= 15 is 0 Å². The van der Waals surface area contributed by atoms with Gasteiger partial charge < -0.3 is 5.32 Å². The monoisotopic (exact) mass is 473 g/mol. The summed E-state index contributed by atoms with van der Waals surface area (Å²) in [5.74, 6) is -3.16. The molecule has 0 saturated heterocycles. The van der Waals surface area contributed by atoms with Crippen LogP contribution in [0.3, 0.4) is 0 Å². The van der Waals surface area contributed by atoms with Gasteiger partial charge in [0, 0.05) is 23.9 Å². The van der Waals surface area contributed by atoms with E-state index in [4.69, 9.17) is 0 Å². The maximum absolute atomic E-state index is 12.0. The first kappa shape index (κ1) is 24.7. The predicted octanol–water partition coefficient (Wildman–Crippen LogP) is 5.35. The van der Waals surface area contributed by atoms with Gasteiger partial charge in [0.1, 0.15) is 0 Å². The summed E-state index contributed by atoms with van der Waals surface area (Å²) in [4.78, 5) is 38.3. The highest BCUT2D eigenvalue weighted by molar-refractivity contribution is 5.80. The van der Waals surface area contributed by atoms with E-state index in [0.717, 1.165) is 22.4 Å². The van der Waals surface area contributed by atoms with E-state index in [1.54, 1.807) is 6.20 Å². The van der Waals surface area contributed by atoms with Crippen LogP contribution in [0, 0.1) is 0 Å². The molecule has 0 atom stereocenters. The number of hydrogen-bond donors (Lipinski definition) is 1. The summed E-state index contributed by atoms with van der Waals surface area (Å²) in [6.07, 6.45) is -2.03. The third-order valence-corrected chi connectivity index (χ3v) is 4.70. The van der Waals surface area contributed by atoms with Crippen LogP contribution in [-0.2, 0) is 19.4 Å². The van der Waals surface area contributed by atoms with E-state index in [1.807, 2.05) is 60.7 Å². The minimum Gasteiger partial charge on any atom is -0.354 e. The molecule has 1 heterocycles. The average molecular weight is 473 g/mol. The van der Waals surface area contributed by atoms with Crippen molar-refractivity contribution >= 4 is 17.9 Å². The number of unbranched alkanes of at least 4 members (excludes halogenated alkanes) is 2. The van der Waals surface area contributed by atoms with Crippen molar-refractivity contribution in [2.75, 3.05) is 11.9 Å². The standard InChI is InChI=1S/C24H22F3N3O4/c25-24(26,27)22(32)34-33-20(31)14-8-3-9-15-28-23-29-16-19(17-10-4-1-5-11-17)21(30-23)18-12-6-2-7-13-18/h1-2,4-7,10-13,16H,3,8-9,14-15H2,(H,28,29,30). The summed E-state index contributed by atoms with van der Waals surface area (Å²) in [5.41, 5.74) is 3.65. The fourth-order valence-corrected chi connectivity index (χ4v) is 3.06. The first-order chi connectivity index (χ1) is 16.3. The number of hydrogen-bond acceptors (Lipinski definition) is 7. The van der Waals surface area contributed by atoms with Gasteiger partial charge in [-0.2, -0.15) is 13.2 Å². The number of halogens is 3. The summed E-state index contributed by atoms with van der Waals surface area (Å²) in [6, 6.07) is 19.6. The molecular formula is C24H22F3N3O4. The van der Waals surface area contributed by atoms with Crippen LogP contribution in [0.4, 0.5) is 19.1 Å². The molecule has 0 aliphatic rings. The Morgan fingerprint density at radius 2 is 1.50 bits per heavy atom. The van der Waals surface area contributed by atoms with Crippen molar-refractivity contribution in [2.45, 2.75) is 31.9 Å². The van der Waals surface area contributed by atoms with Gasteiger partial charge in [-0.25, -0.2) is 29.3 Å². The molecule has 0 unspecified atom stereocenters. The minimum atomic E-state index is -5.21. The molecule has 0 aliphatic heterocycles. The van der Waals surface area contributed by atoms with E-state index < -0.39 is 18.1 Å². The van der Waals surface area contributed by atoms with Gasteiger partial charge in [-0.1, -0.05) is 67.1 Å². The van der Waals surface area contributed by atoms with E-state index in [1.165, 1.54) is 0 Å². The lowest BCUT2D eigenvalue weighted by molar-refractivity contribution is -0.285. The molecule has 2 aromatic carbocycles. The lowest BCUT2D eigenvalue weighted by atomic mass is 10.0. The number of alkyl halides is 3. The Balaban J connectivity index is 1.49. The maximum Gasteiger partial charge on any atom is 0.495 e. The Kier molecular flexibility index (Phi) is 8.55. The van der Waals surface area contributed by atoms with Crippen LogP contribution in [0.5, 0.6) is 0 Å². The zero-order valence-corrected chi connectivity index (χ0v) is 18.0. The number of carbonyl (C=O) groups excluding carboxylic acids is 2. The van der Waals surface area contributed by atoms with Gasteiger partial charge in [0.25, 0.3) is 0 Å². The lowest BCUT2D eigenvalue weighted by Gasteiger charge is -2.12. The molecule has 0 radical (unpaired) electrons. The zero-order valence-electron chi connectivity index (χ0n) is 18.0. The quantitative estimate of drug-likeness (QED) is 0.255. The summed E-state index contributed by atoms with van der Waals surface area (Å²) in [6.45, 7) is 0.525. The Labute approximate surface area is 193 Å². The number of aromatic nitrogens is 2. The Morgan fingerprint density at radius 1 is 0.853 bits per heavy atom. The number of nitrogens with one attached hydrogen (secondary N) is 1. The van der Waals surface area contributed by atoms with Crippen LogP contribution in [-0.4, -0.2) is 34.6 Å². The van der Waals surface area contributed by atoms with Gasteiger partial charge in [-0.05, 0) is 18.4 Å². The van der Waals surface area contributed by atoms with Gasteiger partial charge >= 0.3 is 18.1 Å². The van der Waals surface area contributed by atoms with E-state index in [2.05, 4.69) is 25.1 Å². The van der Waals surface area contributed by atoms with Crippen LogP contribution in [0.2, 0.25) is 0 Å². The van der Waals surface area contributed by atoms with Crippen molar-refractivity contribution < 1.29 is 32.5 Å². The minimum absolute atomic E-state index is 0.175. The van der Waals surface area contributed by atoms with Crippen LogP contribution in [0.1, 0.15) is 25.7 Å².